The van der Waals surface area contributed by atoms with E-state index in [1.807, 2.05) is 6.92 Å². The Hall–Kier alpha value is -2.15. The van der Waals surface area contributed by atoms with Crippen molar-refractivity contribution < 1.29 is 8.42 Å². The third kappa shape index (κ3) is 2.57. The molecule has 0 spiro atoms. The smallest absolute Gasteiger partial charge is 0.265 e. The number of aromatic nitrogens is 2. The van der Waals surface area contributed by atoms with Gasteiger partial charge in [0.15, 0.2) is 5.82 Å². The Bertz CT molecular complexity index is 656. The Morgan fingerprint density at radius 3 is 2.67 bits per heavy atom. The number of nitrogens with one attached hydrogen (secondary N) is 1. The molecule has 3 N–H and O–H groups in total. The molecule has 18 heavy (non-hydrogen) atoms. The Balaban J connectivity index is 2.37. The van der Waals surface area contributed by atoms with Crippen molar-refractivity contribution in [2.24, 2.45) is 0 Å². The highest BCUT2D eigenvalue weighted by molar-refractivity contribution is 7.92. The van der Waals surface area contributed by atoms with Crippen molar-refractivity contribution in [2.75, 3.05) is 10.5 Å². The van der Waals surface area contributed by atoms with Gasteiger partial charge in [0.2, 0.25) is 0 Å². The van der Waals surface area contributed by atoms with E-state index in [0.717, 1.165) is 5.56 Å². The zero-order valence-electron chi connectivity index (χ0n) is 9.66. The summed E-state index contributed by atoms with van der Waals surface area (Å²) in [5, 5.41) is 7.25. The van der Waals surface area contributed by atoms with E-state index in [2.05, 4.69) is 14.9 Å². The number of hydrogen-bond donors (Lipinski definition) is 2. The van der Waals surface area contributed by atoms with Crippen LogP contribution in [0.4, 0.5) is 11.5 Å². The summed E-state index contributed by atoms with van der Waals surface area (Å²) in [6.07, 6.45) is 1.46. The van der Waals surface area contributed by atoms with Crippen molar-refractivity contribution in [1.82, 2.24) is 10.2 Å². The summed E-state index contributed by atoms with van der Waals surface area (Å²) in [5.41, 5.74) is 6.80. The van der Waals surface area contributed by atoms with Crippen LogP contribution in [0.15, 0.2) is 41.4 Å². The molecule has 1 aromatic heterocycles. The van der Waals surface area contributed by atoms with Gasteiger partial charge in [-0.25, -0.2) is 8.42 Å². The SMILES string of the molecule is Cc1ccc(S(=O)(=O)Nc2cccnn2)c(N)c1. The van der Waals surface area contributed by atoms with Crippen LogP contribution in [-0.2, 0) is 10.0 Å². The molecule has 7 heteroatoms. The fraction of sp³-hybridized carbons (Fsp3) is 0.0909. The molecule has 0 aliphatic rings. The Morgan fingerprint density at radius 2 is 2.06 bits per heavy atom. The van der Waals surface area contributed by atoms with Gasteiger partial charge in [0.05, 0.1) is 5.69 Å². The van der Waals surface area contributed by atoms with Gasteiger partial charge in [0, 0.05) is 6.20 Å². The van der Waals surface area contributed by atoms with Crippen LogP contribution in [0.5, 0.6) is 0 Å². The van der Waals surface area contributed by atoms with Crippen LogP contribution in [0.25, 0.3) is 0 Å². The number of hydrogen-bond acceptors (Lipinski definition) is 5. The first-order valence-electron chi connectivity index (χ1n) is 5.16. The fourth-order valence-corrected chi connectivity index (χ4v) is 2.57. The van der Waals surface area contributed by atoms with Gasteiger partial charge in [-0.05, 0) is 36.8 Å². The molecule has 0 fully saturated rings. The largest absolute Gasteiger partial charge is 0.398 e. The molecule has 0 saturated carbocycles. The van der Waals surface area contributed by atoms with E-state index < -0.39 is 10.0 Å². The Morgan fingerprint density at radius 1 is 1.28 bits per heavy atom. The zero-order chi connectivity index (χ0) is 13.2. The summed E-state index contributed by atoms with van der Waals surface area (Å²) < 4.78 is 26.5. The number of benzene rings is 1. The Kier molecular flexibility index (Phi) is 3.15. The molecule has 0 aliphatic heterocycles. The highest BCUT2D eigenvalue weighted by Gasteiger charge is 2.17. The van der Waals surface area contributed by atoms with Gasteiger partial charge in [-0.3, -0.25) is 4.72 Å². The molecule has 0 unspecified atom stereocenters. The van der Waals surface area contributed by atoms with Gasteiger partial charge in [-0.15, -0.1) is 5.10 Å². The first kappa shape index (κ1) is 12.3. The molecule has 0 saturated heterocycles. The van der Waals surface area contributed by atoms with Crippen LogP contribution in [0.3, 0.4) is 0 Å². The van der Waals surface area contributed by atoms with Gasteiger partial charge in [-0.1, -0.05) is 6.07 Å². The molecule has 0 bridgehead atoms. The lowest BCUT2D eigenvalue weighted by Crippen LogP contribution is -2.15. The third-order valence-corrected chi connectivity index (χ3v) is 3.69. The van der Waals surface area contributed by atoms with Gasteiger partial charge in [0.25, 0.3) is 10.0 Å². The third-order valence-electron chi connectivity index (χ3n) is 2.27. The van der Waals surface area contributed by atoms with E-state index in [9.17, 15) is 8.42 Å². The number of rotatable bonds is 3. The molecule has 94 valence electrons. The quantitative estimate of drug-likeness (QED) is 0.811. The molecule has 1 heterocycles. The molecule has 0 aliphatic carbocycles. The van der Waals surface area contributed by atoms with Crippen molar-refractivity contribution in [2.45, 2.75) is 11.8 Å². The number of sulfonamides is 1. The summed E-state index contributed by atoms with van der Waals surface area (Å²) in [6, 6.07) is 7.84. The number of nitrogen functional groups attached to an aromatic ring is 1. The summed E-state index contributed by atoms with van der Waals surface area (Å²) >= 11 is 0. The highest BCUT2D eigenvalue weighted by Crippen LogP contribution is 2.21. The summed E-state index contributed by atoms with van der Waals surface area (Å²) in [7, 11) is -3.74. The molecule has 0 amide bonds. The van der Waals surface area contributed by atoms with Gasteiger partial charge in [0.1, 0.15) is 4.90 Å². The molecular weight excluding hydrogens is 252 g/mol. The summed E-state index contributed by atoms with van der Waals surface area (Å²) in [6.45, 7) is 1.84. The van der Waals surface area contributed by atoms with Gasteiger partial charge < -0.3 is 5.73 Å². The molecular formula is C11H12N4O2S. The van der Waals surface area contributed by atoms with E-state index in [4.69, 9.17) is 5.73 Å². The molecule has 2 aromatic rings. The monoisotopic (exact) mass is 264 g/mol. The normalized spacial score (nSPS) is 11.2. The fourth-order valence-electron chi connectivity index (χ4n) is 1.46. The predicted molar refractivity (Wildman–Crippen MR) is 68.4 cm³/mol. The molecule has 0 atom stereocenters. The summed E-state index contributed by atoms with van der Waals surface area (Å²) in [4.78, 5) is 0.0266. The minimum atomic E-state index is -3.74. The second-order valence-corrected chi connectivity index (χ2v) is 5.41. The lowest BCUT2D eigenvalue weighted by molar-refractivity contribution is 0.601. The van der Waals surface area contributed by atoms with Gasteiger partial charge in [-0.2, -0.15) is 5.10 Å². The standard InChI is InChI=1S/C11H12N4O2S/c1-8-4-5-10(9(12)7-8)18(16,17)15-11-3-2-6-13-14-11/h2-7H,12H2,1H3,(H,14,15). The van der Waals surface area contributed by atoms with Crippen LogP contribution in [-0.4, -0.2) is 18.6 Å². The topological polar surface area (TPSA) is 98.0 Å². The number of nitrogens with two attached hydrogens (primary N) is 1. The van der Waals surface area contributed by atoms with Crippen LogP contribution in [0, 0.1) is 6.92 Å². The Labute approximate surface area is 105 Å². The minimum absolute atomic E-state index is 0.0266. The average Bonchev–Trinajstić information content (AvgIpc) is 2.29. The van der Waals surface area contributed by atoms with Crippen molar-refractivity contribution in [3.05, 3.63) is 42.1 Å². The zero-order valence-corrected chi connectivity index (χ0v) is 10.5. The molecule has 0 radical (unpaired) electrons. The first-order chi connectivity index (χ1) is 8.49. The van der Waals surface area contributed by atoms with Crippen molar-refractivity contribution in [3.63, 3.8) is 0 Å². The van der Waals surface area contributed by atoms with E-state index in [1.54, 1.807) is 18.2 Å². The van der Waals surface area contributed by atoms with Gasteiger partial charge >= 0.3 is 0 Å². The number of anilines is 2. The van der Waals surface area contributed by atoms with E-state index in [1.165, 1.54) is 18.3 Å². The van der Waals surface area contributed by atoms with E-state index in [0.29, 0.717) is 0 Å². The van der Waals surface area contributed by atoms with E-state index in [-0.39, 0.29) is 16.4 Å². The highest BCUT2D eigenvalue weighted by atomic mass is 32.2. The molecule has 2 rings (SSSR count). The maximum absolute atomic E-state index is 12.1. The van der Waals surface area contributed by atoms with Crippen molar-refractivity contribution in [1.29, 1.82) is 0 Å². The van der Waals surface area contributed by atoms with Crippen LogP contribution in [0.2, 0.25) is 0 Å². The van der Waals surface area contributed by atoms with E-state index >= 15 is 0 Å². The lowest BCUT2D eigenvalue weighted by Gasteiger charge is -2.09. The lowest BCUT2D eigenvalue weighted by atomic mass is 10.2. The second kappa shape index (κ2) is 4.61. The maximum Gasteiger partial charge on any atom is 0.265 e. The van der Waals surface area contributed by atoms with Crippen molar-refractivity contribution >= 4 is 21.5 Å². The molecule has 1 aromatic carbocycles. The van der Waals surface area contributed by atoms with Crippen molar-refractivity contribution in [3.8, 4) is 0 Å². The predicted octanol–water partition coefficient (Wildman–Crippen LogP) is 1.17. The molecule has 6 nitrogen and oxygen atoms in total. The minimum Gasteiger partial charge on any atom is -0.398 e. The second-order valence-electron chi connectivity index (χ2n) is 3.76. The summed E-state index contributed by atoms with van der Waals surface area (Å²) in [5.74, 6) is 0.150. The maximum atomic E-state index is 12.1. The first-order valence-corrected chi connectivity index (χ1v) is 6.64. The number of aryl methyl sites for hydroxylation is 1. The van der Waals surface area contributed by atoms with Crippen LogP contribution < -0.4 is 10.5 Å². The van der Waals surface area contributed by atoms with Crippen LogP contribution >= 0.6 is 0 Å². The number of nitrogens with zero attached hydrogens (tertiary/aromatic N) is 2. The van der Waals surface area contributed by atoms with Crippen LogP contribution in [0.1, 0.15) is 5.56 Å². The average molecular weight is 264 g/mol.